The van der Waals surface area contributed by atoms with E-state index >= 15 is 0 Å². The van der Waals surface area contributed by atoms with Gasteiger partial charge >= 0.3 is 0 Å². The Labute approximate surface area is 155 Å². The lowest BCUT2D eigenvalue weighted by Gasteiger charge is -2.46. The van der Waals surface area contributed by atoms with E-state index in [-0.39, 0.29) is 6.04 Å². The normalized spacial score (nSPS) is 25.3. The maximum atomic E-state index is 6.67. The average molecular weight is 352 g/mol. The van der Waals surface area contributed by atoms with Crippen molar-refractivity contribution in [3.63, 3.8) is 0 Å². The second kappa shape index (κ2) is 6.93. The number of hydrogen-bond donors (Lipinski definition) is 1. The standard InChI is InChI=1S/C22H28N2O2/c1-14-5-4-6-15(9-14)18-13-24-8-7-16-10-21(25-2)22(26-3)11-17(16)20(24)12-19(18)23/h4-6,9-11,18-20H,7-8,12-13,23H2,1-3H3/t18-,19-,20+/m1/s1. The van der Waals surface area contributed by atoms with Crippen molar-refractivity contribution in [3.05, 3.63) is 58.7 Å². The Balaban J connectivity index is 1.64. The molecule has 2 heterocycles. The topological polar surface area (TPSA) is 47.7 Å². The first-order valence-corrected chi connectivity index (χ1v) is 9.41. The summed E-state index contributed by atoms with van der Waals surface area (Å²) in [6, 6.07) is 13.6. The van der Waals surface area contributed by atoms with E-state index < -0.39 is 0 Å². The van der Waals surface area contributed by atoms with Crippen molar-refractivity contribution in [2.45, 2.75) is 37.8 Å². The van der Waals surface area contributed by atoms with E-state index in [4.69, 9.17) is 15.2 Å². The van der Waals surface area contributed by atoms with Crippen molar-refractivity contribution in [3.8, 4) is 11.5 Å². The number of nitrogens with two attached hydrogens (primary N) is 1. The first-order valence-electron chi connectivity index (χ1n) is 9.41. The fraction of sp³-hybridized carbons (Fsp3) is 0.455. The van der Waals surface area contributed by atoms with E-state index in [1.165, 1.54) is 22.3 Å². The fourth-order valence-corrected chi connectivity index (χ4v) is 4.64. The molecule has 2 aromatic rings. The molecular weight excluding hydrogens is 324 g/mol. The van der Waals surface area contributed by atoms with Gasteiger partial charge in [0.2, 0.25) is 0 Å². The third-order valence-electron chi connectivity index (χ3n) is 6.03. The molecule has 4 heteroatoms. The number of hydrogen-bond acceptors (Lipinski definition) is 4. The highest BCUT2D eigenvalue weighted by Gasteiger charge is 2.38. The summed E-state index contributed by atoms with van der Waals surface area (Å²) in [5.41, 5.74) is 12.1. The number of nitrogens with zero attached hydrogens (tertiary/aromatic N) is 1. The molecule has 1 fully saturated rings. The van der Waals surface area contributed by atoms with Gasteiger partial charge in [-0.25, -0.2) is 0 Å². The van der Waals surface area contributed by atoms with Crippen molar-refractivity contribution >= 4 is 0 Å². The van der Waals surface area contributed by atoms with E-state index in [2.05, 4.69) is 48.2 Å². The fourth-order valence-electron chi connectivity index (χ4n) is 4.64. The van der Waals surface area contributed by atoms with E-state index in [1.54, 1.807) is 14.2 Å². The van der Waals surface area contributed by atoms with Crippen molar-refractivity contribution in [1.82, 2.24) is 4.90 Å². The van der Waals surface area contributed by atoms with Crippen LogP contribution in [0.15, 0.2) is 36.4 Å². The van der Waals surface area contributed by atoms with Crippen LogP contribution in [-0.2, 0) is 6.42 Å². The monoisotopic (exact) mass is 352 g/mol. The molecule has 26 heavy (non-hydrogen) atoms. The predicted molar refractivity (Wildman–Crippen MR) is 104 cm³/mol. The Kier molecular flexibility index (Phi) is 4.63. The maximum Gasteiger partial charge on any atom is 0.161 e. The maximum absolute atomic E-state index is 6.67. The van der Waals surface area contributed by atoms with E-state index in [0.717, 1.165) is 37.4 Å². The van der Waals surface area contributed by atoms with E-state index in [0.29, 0.717) is 12.0 Å². The van der Waals surface area contributed by atoms with Crippen LogP contribution in [0.3, 0.4) is 0 Å². The second-order valence-electron chi connectivity index (χ2n) is 7.59. The molecule has 0 spiro atoms. The average Bonchev–Trinajstić information content (AvgIpc) is 2.66. The molecule has 138 valence electrons. The molecule has 0 saturated carbocycles. The first kappa shape index (κ1) is 17.4. The quantitative estimate of drug-likeness (QED) is 0.919. The second-order valence-corrected chi connectivity index (χ2v) is 7.59. The predicted octanol–water partition coefficient (Wildman–Crippen LogP) is 3.43. The molecule has 0 amide bonds. The molecule has 1 saturated heterocycles. The van der Waals surface area contributed by atoms with Crippen LogP contribution in [0.1, 0.15) is 40.6 Å². The Bertz CT molecular complexity index is 805. The third-order valence-corrected chi connectivity index (χ3v) is 6.03. The van der Waals surface area contributed by atoms with Crippen LogP contribution in [0, 0.1) is 6.92 Å². The lowest BCUT2D eigenvalue weighted by atomic mass is 9.78. The van der Waals surface area contributed by atoms with E-state index in [1.807, 2.05) is 0 Å². The van der Waals surface area contributed by atoms with Crippen LogP contribution in [0.4, 0.5) is 0 Å². The van der Waals surface area contributed by atoms with Gasteiger partial charge in [0.1, 0.15) is 0 Å². The van der Waals surface area contributed by atoms with Crippen LogP contribution in [-0.4, -0.2) is 38.3 Å². The summed E-state index contributed by atoms with van der Waals surface area (Å²) in [6.45, 7) is 4.24. The zero-order valence-corrected chi connectivity index (χ0v) is 15.9. The Morgan fingerprint density at radius 1 is 1.08 bits per heavy atom. The van der Waals surface area contributed by atoms with Gasteiger partial charge in [0.25, 0.3) is 0 Å². The van der Waals surface area contributed by atoms with Gasteiger partial charge in [0.15, 0.2) is 11.5 Å². The van der Waals surface area contributed by atoms with Gasteiger partial charge in [0, 0.05) is 31.1 Å². The highest BCUT2D eigenvalue weighted by Crippen LogP contribution is 2.44. The first-order chi connectivity index (χ1) is 12.6. The molecule has 0 aliphatic carbocycles. The van der Waals surface area contributed by atoms with Crippen LogP contribution in [0.2, 0.25) is 0 Å². The van der Waals surface area contributed by atoms with Crippen LogP contribution < -0.4 is 15.2 Å². The van der Waals surface area contributed by atoms with Gasteiger partial charge in [0.05, 0.1) is 14.2 Å². The SMILES string of the molecule is COc1cc2c(cc1OC)[C@@H]1C[C@@H](N)[C@@H](c3cccc(C)c3)CN1CC2. The molecule has 0 aromatic heterocycles. The Morgan fingerprint density at radius 2 is 1.85 bits per heavy atom. The zero-order chi connectivity index (χ0) is 18.3. The van der Waals surface area contributed by atoms with Crippen molar-refractivity contribution in [2.75, 3.05) is 27.3 Å². The summed E-state index contributed by atoms with van der Waals surface area (Å²) in [5.74, 6) is 2.02. The van der Waals surface area contributed by atoms with Gasteiger partial charge < -0.3 is 15.2 Å². The number of aryl methyl sites for hydroxylation is 1. The molecule has 0 unspecified atom stereocenters. The number of piperidine rings is 1. The summed E-state index contributed by atoms with van der Waals surface area (Å²) in [4.78, 5) is 2.60. The number of rotatable bonds is 3. The molecule has 2 aliphatic rings. The molecule has 4 rings (SSSR count). The van der Waals surface area contributed by atoms with Crippen molar-refractivity contribution < 1.29 is 9.47 Å². The minimum Gasteiger partial charge on any atom is -0.493 e. The van der Waals surface area contributed by atoms with Gasteiger partial charge in [-0.3, -0.25) is 4.90 Å². The molecule has 2 N–H and O–H groups in total. The van der Waals surface area contributed by atoms with Crippen LogP contribution in [0.25, 0.3) is 0 Å². The van der Waals surface area contributed by atoms with Crippen LogP contribution in [0.5, 0.6) is 11.5 Å². The number of ether oxygens (including phenoxy) is 2. The van der Waals surface area contributed by atoms with Crippen molar-refractivity contribution in [1.29, 1.82) is 0 Å². The van der Waals surface area contributed by atoms with Gasteiger partial charge in [-0.1, -0.05) is 29.8 Å². The zero-order valence-electron chi connectivity index (χ0n) is 15.9. The molecule has 3 atom stereocenters. The summed E-state index contributed by atoms with van der Waals surface area (Å²) >= 11 is 0. The number of methoxy groups -OCH3 is 2. The summed E-state index contributed by atoms with van der Waals surface area (Å²) < 4.78 is 11.0. The largest absolute Gasteiger partial charge is 0.493 e. The van der Waals surface area contributed by atoms with Gasteiger partial charge in [-0.05, 0) is 48.6 Å². The molecule has 0 bridgehead atoms. The Hall–Kier alpha value is -2.04. The lowest BCUT2D eigenvalue weighted by Crippen LogP contribution is -2.49. The lowest BCUT2D eigenvalue weighted by molar-refractivity contribution is 0.109. The minimum atomic E-state index is 0.164. The highest BCUT2D eigenvalue weighted by atomic mass is 16.5. The third kappa shape index (κ3) is 2.97. The number of fused-ring (bicyclic) bond motifs is 3. The smallest absolute Gasteiger partial charge is 0.161 e. The van der Waals surface area contributed by atoms with Gasteiger partial charge in [-0.15, -0.1) is 0 Å². The summed E-state index contributed by atoms with van der Waals surface area (Å²) in [5, 5.41) is 0. The molecule has 0 radical (unpaired) electrons. The highest BCUT2D eigenvalue weighted by molar-refractivity contribution is 5.50. The summed E-state index contributed by atoms with van der Waals surface area (Å²) in [7, 11) is 3.40. The Morgan fingerprint density at radius 3 is 2.58 bits per heavy atom. The molecule has 4 nitrogen and oxygen atoms in total. The molecular formula is C22H28N2O2. The van der Waals surface area contributed by atoms with Crippen molar-refractivity contribution in [2.24, 2.45) is 5.73 Å². The molecule has 2 aliphatic heterocycles. The van der Waals surface area contributed by atoms with E-state index in [9.17, 15) is 0 Å². The molecule has 2 aromatic carbocycles. The number of benzene rings is 2. The van der Waals surface area contributed by atoms with Crippen LogP contribution >= 0.6 is 0 Å². The minimum absolute atomic E-state index is 0.164. The van der Waals surface area contributed by atoms with Gasteiger partial charge in [-0.2, -0.15) is 0 Å². The summed E-state index contributed by atoms with van der Waals surface area (Å²) in [6.07, 6.45) is 2.02.